The summed E-state index contributed by atoms with van der Waals surface area (Å²) in [7, 11) is 0. The third kappa shape index (κ3) is 2.72. The molecule has 1 N–H and O–H groups in total. The molecule has 2 aromatic carbocycles. The summed E-state index contributed by atoms with van der Waals surface area (Å²) in [5.41, 5.74) is 3.08. The van der Waals surface area contributed by atoms with Gasteiger partial charge in [0.2, 0.25) is 0 Å². The van der Waals surface area contributed by atoms with Crippen molar-refractivity contribution in [1.82, 2.24) is 15.4 Å². The highest BCUT2D eigenvalue weighted by Gasteiger charge is 2.08. The fraction of sp³-hybridized carbons (Fsp3) is 0.0667. The summed E-state index contributed by atoms with van der Waals surface area (Å²) < 4.78 is 5.23. The van der Waals surface area contributed by atoms with Crippen LogP contribution in [0.25, 0.3) is 11.0 Å². The molecular formula is C15H10N4O2. The van der Waals surface area contributed by atoms with Crippen molar-refractivity contribution in [2.75, 3.05) is 0 Å². The van der Waals surface area contributed by atoms with E-state index in [2.05, 4.69) is 15.4 Å². The molecule has 6 heteroatoms. The molecule has 0 unspecified atom stereocenters. The number of rotatable bonds is 3. The van der Waals surface area contributed by atoms with Crippen molar-refractivity contribution in [3.8, 4) is 6.07 Å². The summed E-state index contributed by atoms with van der Waals surface area (Å²) in [6.07, 6.45) is 0. The highest BCUT2D eigenvalue weighted by molar-refractivity contribution is 5.89. The van der Waals surface area contributed by atoms with Crippen LogP contribution in [0.2, 0.25) is 0 Å². The third-order valence-electron chi connectivity index (χ3n) is 2.98. The number of fused-ring (bicyclic) bond motifs is 1. The van der Waals surface area contributed by atoms with Gasteiger partial charge in [0, 0.05) is 0 Å². The second-order valence-corrected chi connectivity index (χ2v) is 4.42. The highest BCUT2D eigenvalue weighted by Crippen LogP contribution is 2.13. The van der Waals surface area contributed by atoms with Crippen molar-refractivity contribution in [2.45, 2.75) is 6.61 Å². The SMILES string of the molecule is N#Cc1cccc(C(=O)OCc2ccc3n[nH]nc3c2)c1. The van der Waals surface area contributed by atoms with Crippen molar-refractivity contribution in [1.29, 1.82) is 5.26 Å². The van der Waals surface area contributed by atoms with Crippen LogP contribution in [0.3, 0.4) is 0 Å². The standard InChI is InChI=1S/C15H10N4O2/c16-8-10-2-1-3-12(6-10)15(20)21-9-11-4-5-13-14(7-11)18-19-17-13/h1-7H,9H2,(H,17,18,19). The normalized spacial score (nSPS) is 10.2. The van der Waals surface area contributed by atoms with E-state index >= 15 is 0 Å². The number of hydrogen-bond donors (Lipinski definition) is 1. The van der Waals surface area contributed by atoms with E-state index < -0.39 is 5.97 Å². The second-order valence-electron chi connectivity index (χ2n) is 4.42. The topological polar surface area (TPSA) is 91.7 Å². The van der Waals surface area contributed by atoms with E-state index in [1.807, 2.05) is 12.1 Å². The number of carbonyl (C=O) groups excluding carboxylic acids is 1. The average molecular weight is 278 g/mol. The molecule has 0 saturated carbocycles. The predicted molar refractivity (Wildman–Crippen MR) is 74.2 cm³/mol. The number of nitrogens with one attached hydrogen (secondary N) is 1. The minimum absolute atomic E-state index is 0.137. The molecule has 0 saturated heterocycles. The van der Waals surface area contributed by atoms with E-state index in [4.69, 9.17) is 10.00 Å². The Balaban J connectivity index is 1.71. The molecule has 0 spiro atoms. The fourth-order valence-corrected chi connectivity index (χ4v) is 1.92. The van der Waals surface area contributed by atoms with Gasteiger partial charge in [-0.3, -0.25) is 0 Å². The monoisotopic (exact) mass is 278 g/mol. The Morgan fingerprint density at radius 2 is 2.05 bits per heavy atom. The van der Waals surface area contributed by atoms with Crippen LogP contribution in [-0.2, 0) is 11.3 Å². The van der Waals surface area contributed by atoms with E-state index in [9.17, 15) is 4.79 Å². The molecule has 0 radical (unpaired) electrons. The zero-order valence-corrected chi connectivity index (χ0v) is 10.9. The van der Waals surface area contributed by atoms with Gasteiger partial charge in [0.25, 0.3) is 0 Å². The number of aromatic nitrogens is 3. The molecular weight excluding hydrogens is 268 g/mol. The van der Waals surface area contributed by atoms with E-state index in [0.717, 1.165) is 16.6 Å². The second kappa shape index (κ2) is 5.43. The first-order valence-corrected chi connectivity index (χ1v) is 6.23. The van der Waals surface area contributed by atoms with Gasteiger partial charge in [-0.1, -0.05) is 12.1 Å². The number of aromatic amines is 1. The Morgan fingerprint density at radius 1 is 1.19 bits per heavy atom. The maximum Gasteiger partial charge on any atom is 0.338 e. The molecule has 0 amide bonds. The Bertz CT molecular complexity index is 848. The van der Waals surface area contributed by atoms with Gasteiger partial charge < -0.3 is 4.74 Å². The lowest BCUT2D eigenvalue weighted by atomic mass is 10.1. The van der Waals surface area contributed by atoms with Crippen LogP contribution < -0.4 is 0 Å². The molecule has 0 aliphatic heterocycles. The van der Waals surface area contributed by atoms with Crippen LogP contribution in [0.15, 0.2) is 42.5 Å². The summed E-state index contributed by atoms with van der Waals surface area (Å²) in [6, 6.07) is 13.8. The van der Waals surface area contributed by atoms with Crippen LogP contribution >= 0.6 is 0 Å². The summed E-state index contributed by atoms with van der Waals surface area (Å²) in [6.45, 7) is 0.137. The first-order valence-electron chi connectivity index (χ1n) is 6.23. The lowest BCUT2D eigenvalue weighted by Crippen LogP contribution is -2.05. The first kappa shape index (κ1) is 12.8. The zero-order chi connectivity index (χ0) is 14.7. The van der Waals surface area contributed by atoms with Crippen molar-refractivity contribution in [3.63, 3.8) is 0 Å². The highest BCUT2D eigenvalue weighted by atomic mass is 16.5. The van der Waals surface area contributed by atoms with Crippen molar-refractivity contribution < 1.29 is 9.53 Å². The Morgan fingerprint density at radius 3 is 2.90 bits per heavy atom. The molecule has 1 aromatic heterocycles. The fourth-order valence-electron chi connectivity index (χ4n) is 1.92. The van der Waals surface area contributed by atoms with Gasteiger partial charge in [-0.2, -0.15) is 20.7 Å². The molecule has 0 atom stereocenters. The molecule has 102 valence electrons. The molecule has 0 aliphatic carbocycles. The Labute approximate surface area is 120 Å². The van der Waals surface area contributed by atoms with E-state index in [-0.39, 0.29) is 6.61 Å². The van der Waals surface area contributed by atoms with Crippen molar-refractivity contribution >= 4 is 17.0 Å². The zero-order valence-electron chi connectivity index (χ0n) is 10.9. The van der Waals surface area contributed by atoms with Gasteiger partial charge >= 0.3 is 5.97 Å². The molecule has 3 rings (SSSR count). The molecule has 3 aromatic rings. The number of ether oxygens (including phenoxy) is 1. The smallest absolute Gasteiger partial charge is 0.338 e. The largest absolute Gasteiger partial charge is 0.457 e. The minimum atomic E-state index is -0.465. The molecule has 0 aliphatic rings. The van der Waals surface area contributed by atoms with Crippen LogP contribution in [0.1, 0.15) is 21.5 Å². The van der Waals surface area contributed by atoms with Gasteiger partial charge in [-0.05, 0) is 35.9 Å². The van der Waals surface area contributed by atoms with E-state index in [1.165, 1.54) is 6.07 Å². The van der Waals surface area contributed by atoms with Gasteiger partial charge in [-0.25, -0.2) is 4.79 Å². The third-order valence-corrected chi connectivity index (χ3v) is 2.98. The number of carbonyl (C=O) groups is 1. The number of benzene rings is 2. The molecule has 0 bridgehead atoms. The van der Waals surface area contributed by atoms with Gasteiger partial charge in [0.05, 0.1) is 17.2 Å². The van der Waals surface area contributed by atoms with Gasteiger partial charge in [-0.15, -0.1) is 0 Å². The lowest BCUT2D eigenvalue weighted by molar-refractivity contribution is 0.0473. The molecule has 21 heavy (non-hydrogen) atoms. The van der Waals surface area contributed by atoms with E-state index in [0.29, 0.717) is 11.1 Å². The molecule has 1 heterocycles. The minimum Gasteiger partial charge on any atom is -0.457 e. The first-order chi connectivity index (χ1) is 10.3. The predicted octanol–water partition coefficient (Wildman–Crippen LogP) is 2.19. The van der Waals surface area contributed by atoms with E-state index in [1.54, 1.807) is 30.3 Å². The summed E-state index contributed by atoms with van der Waals surface area (Å²) in [4.78, 5) is 11.9. The number of nitrogens with zero attached hydrogens (tertiary/aromatic N) is 3. The van der Waals surface area contributed by atoms with Crippen molar-refractivity contribution in [2.24, 2.45) is 0 Å². The molecule has 0 fully saturated rings. The number of hydrogen-bond acceptors (Lipinski definition) is 5. The van der Waals surface area contributed by atoms with Gasteiger partial charge in [0.1, 0.15) is 17.6 Å². The maximum atomic E-state index is 11.9. The maximum absolute atomic E-state index is 11.9. The van der Waals surface area contributed by atoms with Crippen LogP contribution in [-0.4, -0.2) is 21.4 Å². The average Bonchev–Trinajstić information content (AvgIpc) is 3.00. The van der Waals surface area contributed by atoms with Crippen LogP contribution in [0.4, 0.5) is 0 Å². The lowest BCUT2D eigenvalue weighted by Gasteiger charge is -2.05. The quantitative estimate of drug-likeness (QED) is 0.741. The van der Waals surface area contributed by atoms with Gasteiger partial charge in [0.15, 0.2) is 0 Å². The summed E-state index contributed by atoms with van der Waals surface area (Å²) >= 11 is 0. The molecule has 6 nitrogen and oxygen atoms in total. The van der Waals surface area contributed by atoms with Crippen molar-refractivity contribution in [3.05, 3.63) is 59.2 Å². The Hall–Kier alpha value is -3.20. The summed E-state index contributed by atoms with van der Waals surface area (Å²) in [5.74, 6) is -0.465. The number of H-pyrrole nitrogens is 1. The summed E-state index contributed by atoms with van der Waals surface area (Å²) in [5, 5.41) is 19.3. The Kier molecular flexibility index (Phi) is 3.31. The van der Waals surface area contributed by atoms with Crippen LogP contribution in [0, 0.1) is 11.3 Å². The van der Waals surface area contributed by atoms with Crippen LogP contribution in [0.5, 0.6) is 0 Å². The number of esters is 1. The number of nitriles is 1.